The van der Waals surface area contributed by atoms with E-state index in [0.717, 1.165) is 28.5 Å². The molecule has 1 N–H and O–H groups in total. The molecule has 0 aliphatic carbocycles. The predicted molar refractivity (Wildman–Crippen MR) is 83.9 cm³/mol. The Kier molecular flexibility index (Phi) is 3.95. The molecule has 100 valence electrons. The van der Waals surface area contributed by atoms with Crippen LogP contribution in [0.5, 0.6) is 0 Å². The number of hydrogen-bond acceptors (Lipinski definition) is 4. The first-order valence-corrected chi connectivity index (χ1v) is 7.37. The molecule has 0 aliphatic heterocycles. The second kappa shape index (κ2) is 6.03. The van der Waals surface area contributed by atoms with Gasteiger partial charge in [-0.2, -0.15) is 0 Å². The largest absolute Gasteiger partial charge is 0.340 e. The van der Waals surface area contributed by atoms with Crippen molar-refractivity contribution >= 4 is 34.4 Å². The lowest BCUT2D eigenvalue weighted by molar-refractivity contribution is 1.09. The normalized spacial score (nSPS) is 10.4. The van der Waals surface area contributed by atoms with Crippen molar-refractivity contribution in [2.24, 2.45) is 0 Å². The van der Waals surface area contributed by atoms with Crippen molar-refractivity contribution in [3.63, 3.8) is 0 Å². The van der Waals surface area contributed by atoms with E-state index in [4.69, 9.17) is 11.6 Å². The highest BCUT2D eigenvalue weighted by Crippen LogP contribution is 2.21. The number of pyridine rings is 1. The zero-order chi connectivity index (χ0) is 13.8. The van der Waals surface area contributed by atoms with Crippen molar-refractivity contribution in [2.75, 3.05) is 5.32 Å². The van der Waals surface area contributed by atoms with E-state index < -0.39 is 0 Å². The number of aromatic nitrogens is 2. The molecule has 2 aromatic heterocycles. The second-order valence-corrected chi connectivity index (χ2v) is 5.96. The summed E-state index contributed by atoms with van der Waals surface area (Å²) in [6.45, 7) is 0. The van der Waals surface area contributed by atoms with E-state index in [-0.39, 0.29) is 0 Å². The maximum atomic E-state index is 5.84. The fraction of sp³-hybridized carbons (Fsp3) is 0.0667. The van der Waals surface area contributed by atoms with Gasteiger partial charge in [0, 0.05) is 28.9 Å². The molecule has 0 saturated heterocycles. The van der Waals surface area contributed by atoms with Gasteiger partial charge in [-0.25, -0.2) is 9.97 Å². The lowest BCUT2D eigenvalue weighted by Crippen LogP contribution is -1.96. The minimum Gasteiger partial charge on any atom is -0.340 e. The third kappa shape index (κ3) is 3.35. The summed E-state index contributed by atoms with van der Waals surface area (Å²) in [7, 11) is 0. The molecule has 5 heteroatoms. The first kappa shape index (κ1) is 13.1. The molecule has 0 atom stereocenters. The van der Waals surface area contributed by atoms with Crippen LogP contribution in [0.2, 0.25) is 4.47 Å². The number of anilines is 2. The molecule has 0 bridgehead atoms. The van der Waals surface area contributed by atoms with E-state index in [0.29, 0.717) is 4.47 Å². The molecule has 0 amide bonds. The molecular weight excluding hydrogens is 290 g/mol. The standard InChI is InChI=1S/C15H12ClN3S/c16-15-17-10-13(20-15)9-12-7-4-8-14(19-12)18-11-5-2-1-3-6-11/h1-8,10H,9H2,(H,18,19). The first-order chi connectivity index (χ1) is 9.79. The van der Waals surface area contributed by atoms with Gasteiger partial charge >= 0.3 is 0 Å². The number of rotatable bonds is 4. The number of nitrogens with one attached hydrogen (secondary N) is 1. The fourth-order valence-electron chi connectivity index (χ4n) is 1.86. The van der Waals surface area contributed by atoms with Crippen LogP contribution in [-0.4, -0.2) is 9.97 Å². The summed E-state index contributed by atoms with van der Waals surface area (Å²) in [4.78, 5) is 9.75. The molecule has 0 unspecified atom stereocenters. The third-order valence-corrected chi connectivity index (χ3v) is 3.85. The Bertz CT molecular complexity index is 697. The molecule has 0 spiro atoms. The molecule has 2 heterocycles. The summed E-state index contributed by atoms with van der Waals surface area (Å²) in [6, 6.07) is 15.9. The SMILES string of the molecule is Clc1ncc(Cc2cccc(Nc3ccccc3)n2)s1. The maximum Gasteiger partial charge on any atom is 0.183 e. The average Bonchev–Trinajstić information content (AvgIpc) is 2.86. The van der Waals surface area contributed by atoms with E-state index in [1.54, 1.807) is 6.20 Å². The molecule has 20 heavy (non-hydrogen) atoms. The molecule has 0 saturated carbocycles. The Balaban J connectivity index is 1.76. The van der Waals surface area contributed by atoms with Gasteiger partial charge in [-0.1, -0.05) is 35.9 Å². The van der Waals surface area contributed by atoms with Gasteiger partial charge in [0.25, 0.3) is 0 Å². The molecule has 3 aromatic rings. The zero-order valence-corrected chi connectivity index (χ0v) is 12.2. The third-order valence-electron chi connectivity index (χ3n) is 2.73. The highest BCUT2D eigenvalue weighted by Gasteiger charge is 2.03. The van der Waals surface area contributed by atoms with Gasteiger partial charge in [-0.3, -0.25) is 0 Å². The van der Waals surface area contributed by atoms with Crippen LogP contribution in [0, 0.1) is 0 Å². The van der Waals surface area contributed by atoms with E-state index in [1.807, 2.05) is 48.5 Å². The van der Waals surface area contributed by atoms with Crippen LogP contribution in [0.4, 0.5) is 11.5 Å². The van der Waals surface area contributed by atoms with Gasteiger partial charge in [-0.15, -0.1) is 11.3 Å². The zero-order valence-electron chi connectivity index (χ0n) is 10.6. The average molecular weight is 302 g/mol. The van der Waals surface area contributed by atoms with E-state index >= 15 is 0 Å². The van der Waals surface area contributed by atoms with Crippen LogP contribution in [0.15, 0.2) is 54.7 Å². The van der Waals surface area contributed by atoms with E-state index in [2.05, 4.69) is 15.3 Å². The van der Waals surface area contributed by atoms with Crippen molar-refractivity contribution in [1.82, 2.24) is 9.97 Å². The molecule has 0 radical (unpaired) electrons. The van der Waals surface area contributed by atoms with Crippen LogP contribution in [0.3, 0.4) is 0 Å². The van der Waals surface area contributed by atoms with Crippen LogP contribution >= 0.6 is 22.9 Å². The van der Waals surface area contributed by atoms with Gasteiger partial charge in [0.1, 0.15) is 5.82 Å². The summed E-state index contributed by atoms with van der Waals surface area (Å²) in [5, 5.41) is 3.29. The van der Waals surface area contributed by atoms with E-state index in [9.17, 15) is 0 Å². The lowest BCUT2D eigenvalue weighted by Gasteiger charge is -2.06. The minimum absolute atomic E-state index is 0.568. The highest BCUT2D eigenvalue weighted by atomic mass is 35.5. The minimum atomic E-state index is 0.568. The lowest BCUT2D eigenvalue weighted by atomic mass is 10.2. The van der Waals surface area contributed by atoms with Crippen LogP contribution in [0.25, 0.3) is 0 Å². The summed E-state index contributed by atoms with van der Waals surface area (Å²) >= 11 is 7.33. The smallest absolute Gasteiger partial charge is 0.183 e. The molecule has 3 rings (SSSR count). The van der Waals surface area contributed by atoms with Crippen LogP contribution in [-0.2, 0) is 6.42 Å². The quantitative estimate of drug-likeness (QED) is 0.769. The summed E-state index contributed by atoms with van der Waals surface area (Å²) in [5.41, 5.74) is 2.02. The van der Waals surface area contributed by atoms with Crippen LogP contribution in [0.1, 0.15) is 10.6 Å². The molecule has 3 nitrogen and oxygen atoms in total. The monoisotopic (exact) mass is 301 g/mol. The number of hydrogen-bond donors (Lipinski definition) is 1. The fourth-order valence-corrected chi connectivity index (χ4v) is 2.85. The van der Waals surface area contributed by atoms with Gasteiger partial charge in [0.15, 0.2) is 4.47 Å². The topological polar surface area (TPSA) is 37.8 Å². The summed E-state index contributed by atoms with van der Waals surface area (Å²) in [6.07, 6.45) is 2.54. The molecule has 1 aromatic carbocycles. The first-order valence-electron chi connectivity index (χ1n) is 6.18. The number of para-hydroxylation sites is 1. The van der Waals surface area contributed by atoms with E-state index in [1.165, 1.54) is 11.3 Å². The highest BCUT2D eigenvalue weighted by molar-refractivity contribution is 7.15. The number of halogens is 1. The van der Waals surface area contributed by atoms with Crippen molar-refractivity contribution in [1.29, 1.82) is 0 Å². The van der Waals surface area contributed by atoms with Crippen molar-refractivity contribution in [3.05, 3.63) is 69.8 Å². The summed E-state index contributed by atoms with van der Waals surface area (Å²) in [5.74, 6) is 0.837. The number of thiazole rings is 1. The Hall–Kier alpha value is -1.91. The van der Waals surface area contributed by atoms with Gasteiger partial charge < -0.3 is 5.32 Å². The molecule has 0 fully saturated rings. The van der Waals surface area contributed by atoms with Crippen molar-refractivity contribution < 1.29 is 0 Å². The van der Waals surface area contributed by atoms with Gasteiger partial charge in [-0.05, 0) is 24.3 Å². The van der Waals surface area contributed by atoms with Gasteiger partial charge in [0.2, 0.25) is 0 Å². The molecular formula is C15H12ClN3S. The number of benzene rings is 1. The maximum absolute atomic E-state index is 5.84. The Morgan fingerprint density at radius 2 is 1.90 bits per heavy atom. The molecule has 0 aliphatic rings. The number of nitrogens with zero attached hydrogens (tertiary/aromatic N) is 2. The second-order valence-electron chi connectivity index (χ2n) is 4.26. The Morgan fingerprint density at radius 3 is 2.65 bits per heavy atom. The van der Waals surface area contributed by atoms with Crippen molar-refractivity contribution in [3.8, 4) is 0 Å². The summed E-state index contributed by atoms with van der Waals surface area (Å²) < 4.78 is 0.568. The Morgan fingerprint density at radius 1 is 1.05 bits per heavy atom. The van der Waals surface area contributed by atoms with Crippen LogP contribution < -0.4 is 5.32 Å². The van der Waals surface area contributed by atoms with Crippen molar-refractivity contribution in [2.45, 2.75) is 6.42 Å². The van der Waals surface area contributed by atoms with Gasteiger partial charge in [0.05, 0.1) is 0 Å². The predicted octanol–water partition coefficient (Wildman–Crippen LogP) is 4.53. The Labute approximate surface area is 126 Å².